The smallest absolute Gasteiger partial charge is 0.308 e. The van der Waals surface area contributed by atoms with Gasteiger partial charge in [0.1, 0.15) is 6.61 Å². The van der Waals surface area contributed by atoms with Crippen LogP contribution >= 0.6 is 11.3 Å². The summed E-state index contributed by atoms with van der Waals surface area (Å²) in [6, 6.07) is 3.37. The van der Waals surface area contributed by atoms with Gasteiger partial charge < -0.3 is 15.5 Å². The number of halogens is 2. The molecule has 0 aliphatic carbocycles. The lowest BCUT2D eigenvalue weighted by molar-refractivity contribution is -0.136. The molecule has 0 aromatic carbocycles. The highest BCUT2D eigenvalue weighted by Gasteiger charge is 2.26. The number of rotatable bonds is 7. The Morgan fingerprint density at radius 1 is 1.41 bits per heavy atom. The fraction of sp³-hybridized carbons (Fsp3) is 0.500. The first-order valence-corrected chi connectivity index (χ1v) is 5.73. The zero-order valence-corrected chi connectivity index (χ0v) is 9.77. The van der Waals surface area contributed by atoms with E-state index in [0.29, 0.717) is 4.88 Å². The fourth-order valence-electron chi connectivity index (χ4n) is 1.19. The molecule has 0 aliphatic rings. The van der Waals surface area contributed by atoms with E-state index < -0.39 is 25.0 Å². The van der Waals surface area contributed by atoms with Crippen LogP contribution in [-0.4, -0.2) is 35.3 Å². The van der Waals surface area contributed by atoms with Crippen molar-refractivity contribution in [1.82, 2.24) is 5.32 Å². The summed E-state index contributed by atoms with van der Waals surface area (Å²) in [5.41, 5.74) is 0. The second-order valence-electron chi connectivity index (χ2n) is 3.56. The van der Waals surface area contributed by atoms with E-state index in [2.05, 4.69) is 5.32 Å². The molecule has 0 spiro atoms. The van der Waals surface area contributed by atoms with Crippen molar-refractivity contribution in [2.45, 2.75) is 18.9 Å². The third kappa shape index (κ3) is 5.20. The van der Waals surface area contributed by atoms with Gasteiger partial charge in [-0.05, 0) is 12.1 Å². The quantitative estimate of drug-likeness (QED) is 0.690. The van der Waals surface area contributed by atoms with Crippen LogP contribution in [0.2, 0.25) is 0 Å². The zero-order valence-electron chi connectivity index (χ0n) is 8.95. The lowest BCUT2D eigenvalue weighted by Gasteiger charge is -2.13. The van der Waals surface area contributed by atoms with Crippen molar-refractivity contribution in [3.05, 3.63) is 21.9 Å². The van der Waals surface area contributed by atoms with Crippen LogP contribution in [0.5, 0.6) is 0 Å². The van der Waals surface area contributed by atoms with E-state index in [1.165, 1.54) is 11.3 Å². The van der Waals surface area contributed by atoms with Gasteiger partial charge in [-0.25, -0.2) is 8.78 Å². The number of nitrogens with one attached hydrogen (secondary N) is 1. The highest BCUT2D eigenvalue weighted by Crippen LogP contribution is 2.17. The van der Waals surface area contributed by atoms with Gasteiger partial charge in [-0.1, -0.05) is 0 Å². The second kappa shape index (κ2) is 6.04. The molecule has 0 aliphatic heterocycles. The van der Waals surface area contributed by atoms with Crippen molar-refractivity contribution in [3.63, 3.8) is 0 Å². The van der Waals surface area contributed by atoms with Crippen LogP contribution in [0.25, 0.3) is 0 Å². The lowest BCUT2D eigenvalue weighted by Crippen LogP contribution is -2.35. The Morgan fingerprint density at radius 3 is 2.65 bits per heavy atom. The summed E-state index contributed by atoms with van der Waals surface area (Å²) in [5.74, 6) is -4.04. The Kier molecular flexibility index (Phi) is 4.98. The minimum Gasteiger partial charge on any atom is -0.481 e. The topological polar surface area (TPSA) is 69.6 Å². The van der Waals surface area contributed by atoms with Crippen LogP contribution in [0.3, 0.4) is 0 Å². The van der Waals surface area contributed by atoms with Crippen molar-refractivity contribution < 1.29 is 23.8 Å². The highest BCUT2D eigenvalue weighted by molar-refractivity contribution is 7.12. The van der Waals surface area contributed by atoms with Crippen molar-refractivity contribution in [1.29, 1.82) is 0 Å². The average molecular weight is 265 g/mol. The second-order valence-corrected chi connectivity index (χ2v) is 4.81. The van der Waals surface area contributed by atoms with Crippen molar-refractivity contribution in [3.8, 4) is 0 Å². The number of aliphatic carboxylic acids is 1. The van der Waals surface area contributed by atoms with Gasteiger partial charge >= 0.3 is 5.97 Å². The molecule has 1 heterocycles. The molecule has 0 amide bonds. The van der Waals surface area contributed by atoms with Crippen molar-refractivity contribution in [2.24, 2.45) is 0 Å². The third-order valence-electron chi connectivity index (χ3n) is 1.96. The Hall–Kier alpha value is -1.05. The molecule has 1 aromatic rings. The van der Waals surface area contributed by atoms with Gasteiger partial charge in [0.25, 0.3) is 5.92 Å². The molecule has 7 heteroatoms. The van der Waals surface area contributed by atoms with E-state index in [-0.39, 0.29) is 13.0 Å². The largest absolute Gasteiger partial charge is 0.481 e. The molecule has 1 rings (SSSR count). The summed E-state index contributed by atoms with van der Waals surface area (Å²) in [4.78, 5) is 11.9. The van der Waals surface area contributed by atoms with E-state index in [4.69, 9.17) is 10.2 Å². The predicted molar refractivity (Wildman–Crippen MR) is 59.4 cm³/mol. The van der Waals surface area contributed by atoms with Crippen LogP contribution in [0, 0.1) is 0 Å². The first-order chi connectivity index (χ1) is 7.93. The molecule has 1 aromatic heterocycles. The Labute approximate surface area is 101 Å². The summed E-state index contributed by atoms with van der Waals surface area (Å²) < 4.78 is 25.3. The number of aliphatic hydroxyl groups is 1. The van der Waals surface area contributed by atoms with Gasteiger partial charge in [-0.15, -0.1) is 11.3 Å². The molecular formula is C10H13F2NO3S. The van der Waals surface area contributed by atoms with Gasteiger partial charge in [0, 0.05) is 16.3 Å². The minimum atomic E-state index is -3.12. The minimum absolute atomic E-state index is 0.0581. The number of alkyl halides is 2. The van der Waals surface area contributed by atoms with Crippen LogP contribution in [-0.2, 0) is 17.8 Å². The number of aliphatic hydroxyl groups excluding tert-OH is 1. The maximum atomic E-state index is 12.6. The Balaban J connectivity index is 2.37. The van der Waals surface area contributed by atoms with Crippen molar-refractivity contribution in [2.75, 3.05) is 13.2 Å². The molecule has 96 valence electrons. The lowest BCUT2D eigenvalue weighted by atomic mass is 10.3. The van der Waals surface area contributed by atoms with Gasteiger partial charge in [-0.3, -0.25) is 4.79 Å². The SMILES string of the molecule is O=C(O)Cc1ccc(CNCC(F)(F)CO)s1. The number of thiophene rings is 1. The molecule has 0 unspecified atom stereocenters. The van der Waals surface area contributed by atoms with Crippen molar-refractivity contribution >= 4 is 17.3 Å². The summed E-state index contributed by atoms with van der Waals surface area (Å²) >= 11 is 1.27. The maximum absolute atomic E-state index is 12.6. The standard InChI is InChI=1S/C10H13F2NO3S/c11-10(12,6-14)5-13-4-8-2-1-7(17-8)3-9(15)16/h1-2,13-14H,3-6H2,(H,15,16). The highest BCUT2D eigenvalue weighted by atomic mass is 32.1. The summed E-state index contributed by atoms with van der Waals surface area (Å²) in [7, 11) is 0. The third-order valence-corrected chi connectivity index (χ3v) is 3.04. The molecule has 0 bridgehead atoms. The maximum Gasteiger partial charge on any atom is 0.308 e. The molecule has 0 saturated carbocycles. The van der Waals surface area contributed by atoms with Gasteiger partial charge in [0.15, 0.2) is 0 Å². The normalized spacial score (nSPS) is 11.7. The molecule has 17 heavy (non-hydrogen) atoms. The molecule has 0 radical (unpaired) electrons. The monoisotopic (exact) mass is 265 g/mol. The van der Waals surface area contributed by atoms with Crippen LogP contribution in [0.1, 0.15) is 9.75 Å². The van der Waals surface area contributed by atoms with E-state index in [1.54, 1.807) is 12.1 Å². The zero-order chi connectivity index (χ0) is 12.9. The number of hydrogen-bond acceptors (Lipinski definition) is 4. The molecular weight excluding hydrogens is 252 g/mol. The first-order valence-electron chi connectivity index (χ1n) is 4.92. The first kappa shape index (κ1) is 14.0. The number of carboxylic acid groups (broad SMARTS) is 1. The Morgan fingerprint density at radius 2 is 2.06 bits per heavy atom. The number of hydrogen-bond donors (Lipinski definition) is 3. The molecule has 0 saturated heterocycles. The average Bonchev–Trinajstić information content (AvgIpc) is 2.64. The number of carbonyl (C=O) groups is 1. The van der Waals surface area contributed by atoms with Crippen LogP contribution in [0.4, 0.5) is 8.78 Å². The predicted octanol–water partition coefficient (Wildman–Crippen LogP) is 1.09. The van der Waals surface area contributed by atoms with E-state index in [0.717, 1.165) is 4.88 Å². The van der Waals surface area contributed by atoms with Crippen LogP contribution in [0.15, 0.2) is 12.1 Å². The van der Waals surface area contributed by atoms with E-state index in [9.17, 15) is 13.6 Å². The summed E-state index contributed by atoms with van der Waals surface area (Å²) in [5, 5.41) is 19.4. The Bertz CT molecular complexity index is 381. The van der Waals surface area contributed by atoms with Crippen LogP contribution < -0.4 is 5.32 Å². The fourth-order valence-corrected chi connectivity index (χ4v) is 2.16. The van der Waals surface area contributed by atoms with E-state index in [1.807, 2.05) is 0 Å². The van der Waals surface area contributed by atoms with Gasteiger partial charge in [-0.2, -0.15) is 0 Å². The molecule has 3 N–H and O–H groups in total. The van der Waals surface area contributed by atoms with Gasteiger partial charge in [0.05, 0.1) is 13.0 Å². The number of carboxylic acids is 1. The molecule has 0 fully saturated rings. The summed E-state index contributed by atoms with van der Waals surface area (Å²) in [6.07, 6.45) is -0.0581. The van der Waals surface area contributed by atoms with E-state index >= 15 is 0 Å². The molecule has 4 nitrogen and oxygen atoms in total. The molecule has 0 atom stereocenters. The summed E-state index contributed by atoms with van der Waals surface area (Å²) in [6.45, 7) is -1.55. The van der Waals surface area contributed by atoms with Gasteiger partial charge in [0.2, 0.25) is 0 Å².